The van der Waals surface area contributed by atoms with Crippen LogP contribution in [0, 0.1) is 0 Å². The van der Waals surface area contributed by atoms with E-state index >= 15 is 0 Å². The summed E-state index contributed by atoms with van der Waals surface area (Å²) in [6.07, 6.45) is 2.85. The van der Waals surface area contributed by atoms with Crippen LogP contribution < -0.4 is 5.32 Å². The molecule has 1 unspecified atom stereocenters. The normalized spacial score (nSPS) is 18.6. The highest BCUT2D eigenvalue weighted by Gasteiger charge is 2.21. The predicted molar refractivity (Wildman–Crippen MR) is 64.9 cm³/mol. The highest BCUT2D eigenvalue weighted by molar-refractivity contribution is 5.87. The monoisotopic (exact) mass is 234 g/mol. The van der Waals surface area contributed by atoms with E-state index in [2.05, 4.69) is 17.2 Å². The first-order chi connectivity index (χ1) is 8.26. The number of aromatic nitrogens is 1. The SMILES string of the molecule is CCOC(=O)c1cc2c(cn1)CNCC2CC. The van der Waals surface area contributed by atoms with Crippen LogP contribution in [0.5, 0.6) is 0 Å². The summed E-state index contributed by atoms with van der Waals surface area (Å²) in [5.41, 5.74) is 2.85. The molecule has 1 atom stereocenters. The molecule has 0 spiro atoms. The van der Waals surface area contributed by atoms with Crippen molar-refractivity contribution < 1.29 is 9.53 Å². The van der Waals surface area contributed by atoms with Gasteiger partial charge in [0.1, 0.15) is 5.69 Å². The summed E-state index contributed by atoms with van der Waals surface area (Å²) in [4.78, 5) is 15.8. The van der Waals surface area contributed by atoms with Crippen LogP contribution in [0.2, 0.25) is 0 Å². The topological polar surface area (TPSA) is 51.2 Å². The van der Waals surface area contributed by atoms with Crippen LogP contribution in [0.1, 0.15) is 47.8 Å². The second-order valence-electron chi connectivity index (χ2n) is 4.22. The number of carbonyl (C=O) groups is 1. The molecule has 0 aromatic carbocycles. The van der Waals surface area contributed by atoms with Crippen molar-refractivity contribution in [3.05, 3.63) is 29.1 Å². The number of hydrogen-bond donors (Lipinski definition) is 1. The number of carbonyl (C=O) groups excluding carboxylic acids is 1. The Balaban J connectivity index is 2.30. The highest BCUT2D eigenvalue weighted by Crippen LogP contribution is 2.26. The average Bonchev–Trinajstić information content (AvgIpc) is 2.37. The van der Waals surface area contributed by atoms with Crippen molar-refractivity contribution in [2.75, 3.05) is 13.2 Å². The number of pyridine rings is 1. The lowest BCUT2D eigenvalue weighted by Gasteiger charge is -2.25. The van der Waals surface area contributed by atoms with E-state index in [4.69, 9.17) is 4.74 Å². The van der Waals surface area contributed by atoms with E-state index in [1.807, 2.05) is 6.07 Å². The molecule has 0 radical (unpaired) electrons. The molecule has 0 bridgehead atoms. The maximum Gasteiger partial charge on any atom is 0.356 e. The van der Waals surface area contributed by atoms with Gasteiger partial charge in [-0.15, -0.1) is 0 Å². The lowest BCUT2D eigenvalue weighted by atomic mass is 9.90. The average molecular weight is 234 g/mol. The molecule has 4 nitrogen and oxygen atoms in total. The van der Waals surface area contributed by atoms with Crippen LogP contribution in [0.25, 0.3) is 0 Å². The van der Waals surface area contributed by atoms with Gasteiger partial charge in [0.05, 0.1) is 6.61 Å². The van der Waals surface area contributed by atoms with Crippen molar-refractivity contribution in [3.63, 3.8) is 0 Å². The Morgan fingerprint density at radius 2 is 2.41 bits per heavy atom. The summed E-state index contributed by atoms with van der Waals surface area (Å²) in [7, 11) is 0. The van der Waals surface area contributed by atoms with Gasteiger partial charge in [0.25, 0.3) is 0 Å². The van der Waals surface area contributed by atoms with E-state index in [9.17, 15) is 4.79 Å². The first-order valence-electron chi connectivity index (χ1n) is 6.12. The minimum atomic E-state index is -0.330. The summed E-state index contributed by atoms with van der Waals surface area (Å²) < 4.78 is 4.97. The third-order valence-corrected chi connectivity index (χ3v) is 3.15. The van der Waals surface area contributed by atoms with Crippen molar-refractivity contribution in [2.45, 2.75) is 32.7 Å². The Morgan fingerprint density at radius 1 is 1.59 bits per heavy atom. The van der Waals surface area contributed by atoms with Crippen LogP contribution in [0.15, 0.2) is 12.3 Å². The summed E-state index contributed by atoms with van der Waals surface area (Å²) >= 11 is 0. The zero-order chi connectivity index (χ0) is 12.3. The molecule has 2 rings (SSSR count). The third kappa shape index (κ3) is 2.47. The zero-order valence-electron chi connectivity index (χ0n) is 10.3. The molecule has 92 valence electrons. The smallest absolute Gasteiger partial charge is 0.356 e. The number of fused-ring (bicyclic) bond motifs is 1. The van der Waals surface area contributed by atoms with E-state index in [1.54, 1.807) is 13.1 Å². The number of esters is 1. The molecule has 0 aliphatic carbocycles. The number of ether oxygens (including phenoxy) is 1. The lowest BCUT2D eigenvalue weighted by Crippen LogP contribution is -2.28. The number of hydrogen-bond acceptors (Lipinski definition) is 4. The van der Waals surface area contributed by atoms with E-state index < -0.39 is 0 Å². The molecule has 0 saturated carbocycles. The Kier molecular flexibility index (Phi) is 3.74. The molecule has 1 aliphatic rings. The van der Waals surface area contributed by atoms with Gasteiger partial charge in [-0.25, -0.2) is 9.78 Å². The van der Waals surface area contributed by atoms with Gasteiger partial charge in [-0.05, 0) is 36.5 Å². The molecule has 4 heteroatoms. The van der Waals surface area contributed by atoms with Crippen molar-refractivity contribution in [1.29, 1.82) is 0 Å². The summed E-state index contributed by atoms with van der Waals surface area (Å²) in [6.45, 7) is 6.15. The fourth-order valence-corrected chi connectivity index (χ4v) is 2.20. The summed E-state index contributed by atoms with van der Waals surface area (Å²) in [5.74, 6) is 0.138. The van der Waals surface area contributed by atoms with Gasteiger partial charge in [-0.2, -0.15) is 0 Å². The number of nitrogens with zero attached hydrogens (tertiary/aromatic N) is 1. The van der Waals surface area contributed by atoms with Crippen LogP contribution in [-0.4, -0.2) is 24.1 Å². The quantitative estimate of drug-likeness (QED) is 0.811. The van der Waals surface area contributed by atoms with Crippen molar-refractivity contribution >= 4 is 5.97 Å². The Hall–Kier alpha value is -1.42. The number of rotatable bonds is 3. The fourth-order valence-electron chi connectivity index (χ4n) is 2.20. The Labute approximate surface area is 101 Å². The molecule has 1 aromatic rings. The van der Waals surface area contributed by atoms with Gasteiger partial charge >= 0.3 is 5.97 Å². The van der Waals surface area contributed by atoms with Crippen LogP contribution in [-0.2, 0) is 11.3 Å². The summed E-state index contributed by atoms with van der Waals surface area (Å²) in [6, 6.07) is 1.89. The maximum atomic E-state index is 11.6. The largest absolute Gasteiger partial charge is 0.461 e. The third-order valence-electron chi connectivity index (χ3n) is 3.15. The predicted octanol–water partition coefficient (Wildman–Crippen LogP) is 1.86. The second kappa shape index (κ2) is 5.27. The zero-order valence-corrected chi connectivity index (χ0v) is 10.3. The van der Waals surface area contributed by atoms with E-state index in [0.29, 0.717) is 18.2 Å². The molecule has 1 aliphatic heterocycles. The first kappa shape index (κ1) is 12.0. The van der Waals surface area contributed by atoms with Gasteiger partial charge in [0.2, 0.25) is 0 Å². The Bertz CT molecular complexity index is 418. The Morgan fingerprint density at radius 3 is 3.12 bits per heavy atom. The molecule has 1 aromatic heterocycles. The maximum absolute atomic E-state index is 11.6. The molecular weight excluding hydrogens is 216 g/mol. The van der Waals surface area contributed by atoms with Gasteiger partial charge < -0.3 is 10.1 Å². The van der Waals surface area contributed by atoms with Gasteiger partial charge in [0.15, 0.2) is 0 Å². The van der Waals surface area contributed by atoms with Crippen LogP contribution >= 0.6 is 0 Å². The highest BCUT2D eigenvalue weighted by atomic mass is 16.5. The van der Waals surface area contributed by atoms with Crippen molar-refractivity contribution in [3.8, 4) is 0 Å². The van der Waals surface area contributed by atoms with Crippen molar-refractivity contribution in [2.24, 2.45) is 0 Å². The van der Waals surface area contributed by atoms with Crippen molar-refractivity contribution in [1.82, 2.24) is 10.3 Å². The van der Waals surface area contributed by atoms with Crippen LogP contribution in [0.3, 0.4) is 0 Å². The first-order valence-corrected chi connectivity index (χ1v) is 6.12. The van der Waals surface area contributed by atoms with Crippen LogP contribution in [0.4, 0.5) is 0 Å². The van der Waals surface area contributed by atoms with E-state index in [1.165, 1.54) is 11.1 Å². The molecule has 0 saturated heterocycles. The number of nitrogens with one attached hydrogen (secondary N) is 1. The van der Waals surface area contributed by atoms with Gasteiger partial charge in [-0.1, -0.05) is 6.92 Å². The van der Waals surface area contributed by atoms with Gasteiger partial charge in [0, 0.05) is 19.3 Å². The molecule has 0 amide bonds. The van der Waals surface area contributed by atoms with E-state index in [-0.39, 0.29) is 5.97 Å². The second-order valence-corrected chi connectivity index (χ2v) is 4.22. The lowest BCUT2D eigenvalue weighted by molar-refractivity contribution is 0.0519. The molecule has 2 heterocycles. The minimum Gasteiger partial charge on any atom is -0.461 e. The molecule has 17 heavy (non-hydrogen) atoms. The minimum absolute atomic E-state index is 0.330. The fraction of sp³-hybridized carbons (Fsp3) is 0.538. The molecule has 1 N–H and O–H groups in total. The standard InChI is InChI=1S/C13H18N2O2/c1-3-9-6-14-7-10-8-15-12(5-11(9)10)13(16)17-4-2/h5,8-9,14H,3-4,6-7H2,1-2H3. The molecule has 0 fully saturated rings. The van der Waals surface area contributed by atoms with E-state index in [0.717, 1.165) is 19.5 Å². The molecular formula is C13H18N2O2. The summed E-state index contributed by atoms with van der Waals surface area (Å²) in [5, 5.41) is 3.36. The van der Waals surface area contributed by atoms with Gasteiger partial charge in [-0.3, -0.25) is 0 Å².